The van der Waals surface area contributed by atoms with Gasteiger partial charge in [0, 0.05) is 0 Å². The van der Waals surface area contributed by atoms with Crippen molar-refractivity contribution in [1.29, 1.82) is 0 Å². The van der Waals surface area contributed by atoms with Gasteiger partial charge in [0.05, 0.1) is 10.9 Å². The Labute approximate surface area is 102 Å². The lowest BCUT2D eigenvalue weighted by Gasteiger charge is -2.30. The molecule has 1 unspecified atom stereocenters. The van der Waals surface area contributed by atoms with Crippen molar-refractivity contribution >= 4 is 27.5 Å². The molecule has 1 aliphatic rings. The van der Waals surface area contributed by atoms with Crippen molar-refractivity contribution in [3.05, 3.63) is 0 Å². The molecule has 1 aliphatic heterocycles. The second-order valence-corrected chi connectivity index (χ2v) is 5.09. The van der Waals surface area contributed by atoms with E-state index in [0.29, 0.717) is 0 Å². The minimum Gasteiger partial charge on any atom is -0.382 e. The highest BCUT2D eigenvalue weighted by atomic mass is 79.9. The zero-order valence-corrected chi connectivity index (χ0v) is 10.9. The molecule has 0 bridgehead atoms. The number of alkyl halides is 1. The zero-order valence-electron chi connectivity index (χ0n) is 9.31. The van der Waals surface area contributed by atoms with E-state index < -0.39 is 40.3 Å². The highest BCUT2D eigenvalue weighted by Gasteiger charge is 2.59. The van der Waals surface area contributed by atoms with Crippen molar-refractivity contribution in [1.82, 2.24) is 0 Å². The highest BCUT2D eigenvalue weighted by molar-refractivity contribution is 9.09. The number of aliphatic hydroxyl groups is 2. The van der Waals surface area contributed by atoms with Gasteiger partial charge in [0.1, 0.15) is 12.2 Å². The van der Waals surface area contributed by atoms with E-state index in [1.165, 1.54) is 13.8 Å². The Morgan fingerprint density at radius 3 is 2.31 bits per heavy atom. The minimum atomic E-state index is -1.87. The third kappa shape index (κ3) is 1.95. The van der Waals surface area contributed by atoms with Crippen LogP contribution in [-0.2, 0) is 14.3 Å². The van der Waals surface area contributed by atoms with Crippen molar-refractivity contribution in [3.63, 3.8) is 0 Å². The average molecular weight is 295 g/mol. The molecule has 0 saturated carbocycles. The Balaban J connectivity index is 3.09. The van der Waals surface area contributed by atoms with Crippen LogP contribution in [0.3, 0.4) is 0 Å². The summed E-state index contributed by atoms with van der Waals surface area (Å²) in [5.41, 5.74) is -1.87. The molecule has 1 heterocycles. The first-order chi connectivity index (χ1) is 7.22. The van der Waals surface area contributed by atoms with Crippen LogP contribution in [0.15, 0.2) is 0 Å². The summed E-state index contributed by atoms with van der Waals surface area (Å²) >= 11 is 3.17. The van der Waals surface area contributed by atoms with Crippen LogP contribution in [0.1, 0.15) is 20.8 Å². The maximum atomic E-state index is 11.5. The van der Waals surface area contributed by atoms with Gasteiger partial charge in [0.15, 0.2) is 17.2 Å². The number of rotatable bonds is 3. The third-order valence-electron chi connectivity index (χ3n) is 2.89. The first-order valence-corrected chi connectivity index (χ1v) is 5.86. The van der Waals surface area contributed by atoms with Crippen LogP contribution in [-0.4, -0.2) is 50.5 Å². The van der Waals surface area contributed by atoms with Crippen molar-refractivity contribution in [2.45, 2.75) is 49.5 Å². The van der Waals surface area contributed by atoms with Gasteiger partial charge in [-0.1, -0.05) is 15.9 Å². The molecule has 5 atom stereocenters. The second-order valence-electron chi connectivity index (χ2n) is 4.10. The number of carbonyl (C=O) groups is 2. The van der Waals surface area contributed by atoms with Gasteiger partial charge in [-0.15, -0.1) is 0 Å². The summed E-state index contributed by atoms with van der Waals surface area (Å²) in [6.07, 6.45) is -3.19. The Hall–Kier alpha value is -0.300. The van der Waals surface area contributed by atoms with E-state index in [1.54, 1.807) is 6.92 Å². The van der Waals surface area contributed by atoms with Crippen molar-refractivity contribution in [2.75, 3.05) is 0 Å². The summed E-state index contributed by atoms with van der Waals surface area (Å²) in [4.78, 5) is 21.9. The van der Waals surface area contributed by atoms with Gasteiger partial charge in [-0.2, -0.15) is 0 Å². The molecule has 0 radical (unpaired) electrons. The van der Waals surface area contributed by atoms with Gasteiger partial charge in [0.25, 0.3) is 0 Å². The molecule has 1 fully saturated rings. The van der Waals surface area contributed by atoms with Crippen molar-refractivity contribution in [3.8, 4) is 0 Å². The Bertz CT molecular complexity index is 318. The Morgan fingerprint density at radius 1 is 1.44 bits per heavy atom. The molecule has 0 spiro atoms. The predicted molar refractivity (Wildman–Crippen MR) is 59.4 cm³/mol. The van der Waals surface area contributed by atoms with Gasteiger partial charge in [-0.3, -0.25) is 9.59 Å². The summed E-state index contributed by atoms with van der Waals surface area (Å²) in [6, 6.07) is 0. The van der Waals surface area contributed by atoms with Crippen LogP contribution in [0.25, 0.3) is 0 Å². The topological polar surface area (TPSA) is 83.8 Å². The van der Waals surface area contributed by atoms with Crippen molar-refractivity contribution < 1.29 is 24.5 Å². The number of hydrogen-bond donors (Lipinski definition) is 2. The van der Waals surface area contributed by atoms with Gasteiger partial charge in [-0.05, 0) is 20.8 Å². The molecular weight excluding hydrogens is 280 g/mol. The van der Waals surface area contributed by atoms with E-state index in [9.17, 15) is 19.8 Å². The number of Topliss-reactive ketones (excluding diaryl/α,β-unsaturated/α-hetero) is 2. The number of aliphatic hydroxyl groups excluding tert-OH is 1. The molecule has 1 saturated heterocycles. The standard InChI is InChI=1S/C10H15BrO5/c1-4(12)7(14)9-10(15,6(3)13)8(11)5(2)16-9/h5,7-9,14-15H,1-3H3/t5-,7?,8-,9+,10-/m0/s1. The van der Waals surface area contributed by atoms with E-state index >= 15 is 0 Å². The van der Waals surface area contributed by atoms with Crippen LogP contribution in [0, 0.1) is 0 Å². The summed E-state index contributed by atoms with van der Waals surface area (Å²) in [5.74, 6) is -1.08. The first kappa shape index (κ1) is 13.8. The van der Waals surface area contributed by atoms with Gasteiger partial charge < -0.3 is 14.9 Å². The smallest absolute Gasteiger partial charge is 0.166 e. The van der Waals surface area contributed by atoms with Crippen LogP contribution in [0.4, 0.5) is 0 Å². The lowest BCUT2D eigenvalue weighted by Crippen LogP contribution is -2.56. The molecule has 92 valence electrons. The number of hydrogen-bond acceptors (Lipinski definition) is 5. The van der Waals surface area contributed by atoms with Crippen molar-refractivity contribution in [2.24, 2.45) is 0 Å². The highest BCUT2D eigenvalue weighted by Crippen LogP contribution is 2.38. The van der Waals surface area contributed by atoms with E-state index in [4.69, 9.17) is 4.74 Å². The second kappa shape index (κ2) is 4.52. The largest absolute Gasteiger partial charge is 0.382 e. The van der Waals surface area contributed by atoms with Gasteiger partial charge in [0.2, 0.25) is 0 Å². The predicted octanol–water partition coefficient (Wildman–Crippen LogP) is -0.193. The number of carbonyl (C=O) groups excluding carboxylic acids is 2. The molecule has 0 aliphatic carbocycles. The molecule has 1 rings (SSSR count). The average Bonchev–Trinajstić information content (AvgIpc) is 2.42. The van der Waals surface area contributed by atoms with E-state index in [-0.39, 0.29) is 0 Å². The normalized spacial score (nSPS) is 40.8. The van der Waals surface area contributed by atoms with E-state index in [0.717, 1.165) is 0 Å². The van der Waals surface area contributed by atoms with Gasteiger partial charge in [-0.25, -0.2) is 0 Å². The van der Waals surface area contributed by atoms with E-state index in [1.807, 2.05) is 0 Å². The molecule has 0 aromatic carbocycles. The number of halogens is 1. The first-order valence-electron chi connectivity index (χ1n) is 4.94. The zero-order chi connectivity index (χ0) is 12.7. The summed E-state index contributed by atoms with van der Waals surface area (Å²) in [7, 11) is 0. The fraction of sp³-hybridized carbons (Fsp3) is 0.800. The third-order valence-corrected chi connectivity index (χ3v) is 4.34. The molecular formula is C10H15BrO5. The molecule has 0 aromatic rings. The SMILES string of the molecule is CC(=O)C(O)[C@H]1O[C@@H](C)[C@H](Br)[C@@]1(O)C(C)=O. The van der Waals surface area contributed by atoms with Crippen LogP contribution in [0.5, 0.6) is 0 Å². The van der Waals surface area contributed by atoms with Gasteiger partial charge >= 0.3 is 0 Å². The number of ketones is 2. The lowest BCUT2D eigenvalue weighted by atomic mass is 9.86. The molecule has 16 heavy (non-hydrogen) atoms. The quantitative estimate of drug-likeness (QED) is 0.705. The lowest BCUT2D eigenvalue weighted by molar-refractivity contribution is -0.155. The molecule has 0 aromatic heterocycles. The van der Waals surface area contributed by atoms with E-state index in [2.05, 4.69) is 15.9 Å². The maximum Gasteiger partial charge on any atom is 0.166 e. The summed E-state index contributed by atoms with van der Waals surface area (Å²) < 4.78 is 5.29. The Kier molecular flexibility index (Phi) is 3.89. The fourth-order valence-electron chi connectivity index (χ4n) is 1.84. The van der Waals surface area contributed by atoms with Crippen LogP contribution < -0.4 is 0 Å². The monoisotopic (exact) mass is 294 g/mol. The minimum absolute atomic E-state index is 0.465. The summed E-state index contributed by atoms with van der Waals surface area (Å²) in [5, 5.41) is 19.9. The Morgan fingerprint density at radius 2 is 1.94 bits per heavy atom. The molecule has 2 N–H and O–H groups in total. The van der Waals surface area contributed by atoms with Crippen LogP contribution in [0.2, 0.25) is 0 Å². The maximum absolute atomic E-state index is 11.5. The molecule has 6 heteroatoms. The fourth-order valence-corrected chi connectivity index (χ4v) is 2.55. The molecule has 5 nitrogen and oxygen atoms in total. The summed E-state index contributed by atoms with van der Waals surface area (Å²) in [6.45, 7) is 4.04. The number of ether oxygens (including phenoxy) is 1. The molecule has 0 amide bonds. The van der Waals surface area contributed by atoms with Crippen LogP contribution >= 0.6 is 15.9 Å².